The lowest BCUT2D eigenvalue weighted by molar-refractivity contribution is -0.156. The Kier molecular flexibility index (Phi) is 10.4. The minimum atomic E-state index is -4.80. The largest absolute Gasteiger partial charge is 0.481 e. The van der Waals surface area contributed by atoms with E-state index in [1.807, 2.05) is 0 Å². The number of hydrogen-bond donors (Lipinski definition) is 8. The van der Waals surface area contributed by atoms with Gasteiger partial charge in [-0.3, -0.25) is 33.3 Å². The van der Waals surface area contributed by atoms with Gasteiger partial charge in [0.05, 0.1) is 13.0 Å². The van der Waals surface area contributed by atoms with Crippen molar-refractivity contribution in [3.05, 3.63) is 0 Å². The lowest BCUT2D eigenvalue weighted by Crippen LogP contribution is -2.55. The van der Waals surface area contributed by atoms with Crippen molar-refractivity contribution in [1.29, 1.82) is 0 Å². The van der Waals surface area contributed by atoms with Crippen LogP contribution in [0.25, 0.3) is 0 Å². The topological polar surface area (TPSA) is 254 Å². The molecule has 17 heteroatoms. The second-order valence-corrected chi connectivity index (χ2v) is 8.96. The normalized spacial score (nSPS) is 14.8. The molecule has 0 amide bonds. The minimum absolute atomic E-state index is 0.561. The third kappa shape index (κ3) is 10.8. The quantitative estimate of drug-likeness (QED) is 0.124. The van der Waals surface area contributed by atoms with Crippen LogP contribution in [0.3, 0.4) is 0 Å². The first kappa shape index (κ1) is 26.6. The third-order valence-corrected chi connectivity index (χ3v) is 4.89. The van der Waals surface area contributed by atoms with Gasteiger partial charge in [-0.05, 0) is 0 Å². The zero-order chi connectivity index (χ0) is 22.3. The fourth-order valence-corrected chi connectivity index (χ4v) is 4.01. The molecular weight excluding hydrogens is 430 g/mol. The van der Waals surface area contributed by atoms with E-state index in [4.69, 9.17) is 29.8 Å². The molecular formula is C11H22N2O13P2. The molecule has 0 radical (unpaired) electrons. The molecule has 2 unspecified atom stereocenters. The van der Waals surface area contributed by atoms with Crippen LogP contribution < -0.4 is 0 Å². The van der Waals surface area contributed by atoms with Gasteiger partial charge >= 0.3 is 33.1 Å². The van der Waals surface area contributed by atoms with Crippen molar-refractivity contribution < 1.29 is 63.5 Å². The SMILES string of the molecule is O=C(O)CC(C(=O)O)N(CCN(CP(=O)(O)O)CP(=O)(O)O)C(CO)C(=O)O. The maximum absolute atomic E-state index is 11.4. The molecule has 28 heavy (non-hydrogen) atoms. The Morgan fingerprint density at radius 1 is 0.786 bits per heavy atom. The molecule has 0 spiro atoms. The molecule has 2 atom stereocenters. The molecule has 0 bridgehead atoms. The van der Waals surface area contributed by atoms with Gasteiger partial charge in [0, 0.05) is 13.1 Å². The van der Waals surface area contributed by atoms with Gasteiger partial charge in [-0.25, -0.2) is 0 Å². The summed E-state index contributed by atoms with van der Waals surface area (Å²) in [5, 5.41) is 36.4. The molecule has 0 aromatic heterocycles. The molecule has 0 aromatic rings. The van der Waals surface area contributed by atoms with E-state index in [0.717, 1.165) is 0 Å². The number of rotatable bonds is 14. The first-order valence-electron chi connectivity index (χ1n) is 7.43. The van der Waals surface area contributed by atoms with E-state index in [1.54, 1.807) is 0 Å². The molecule has 164 valence electrons. The summed E-state index contributed by atoms with van der Waals surface area (Å²) in [5.41, 5.74) is 0. The van der Waals surface area contributed by atoms with Crippen LogP contribution in [0.1, 0.15) is 6.42 Å². The average molecular weight is 452 g/mol. The Hall–Kier alpha value is -1.41. The number of carbonyl (C=O) groups is 3. The van der Waals surface area contributed by atoms with Crippen molar-refractivity contribution in [2.75, 3.05) is 32.3 Å². The number of hydrogen-bond acceptors (Lipinski definition) is 8. The molecule has 0 heterocycles. The van der Waals surface area contributed by atoms with Crippen molar-refractivity contribution in [3.8, 4) is 0 Å². The van der Waals surface area contributed by atoms with Crippen molar-refractivity contribution in [2.45, 2.75) is 18.5 Å². The molecule has 0 rings (SSSR count). The van der Waals surface area contributed by atoms with Crippen LogP contribution in [0, 0.1) is 0 Å². The summed E-state index contributed by atoms with van der Waals surface area (Å²) in [6, 6.07) is -3.81. The van der Waals surface area contributed by atoms with Crippen LogP contribution in [-0.4, -0.2) is 112 Å². The summed E-state index contributed by atoms with van der Waals surface area (Å²) in [7, 11) is -9.59. The van der Waals surface area contributed by atoms with Gasteiger partial charge in [0.1, 0.15) is 24.7 Å². The average Bonchev–Trinajstić information content (AvgIpc) is 2.44. The van der Waals surface area contributed by atoms with Crippen LogP contribution in [0.15, 0.2) is 0 Å². The highest BCUT2D eigenvalue weighted by Gasteiger charge is 2.37. The van der Waals surface area contributed by atoms with Gasteiger partial charge in [-0.1, -0.05) is 0 Å². The van der Waals surface area contributed by atoms with E-state index in [1.165, 1.54) is 0 Å². The molecule has 0 aromatic carbocycles. The number of nitrogens with zero attached hydrogens (tertiary/aromatic N) is 2. The van der Waals surface area contributed by atoms with Gasteiger partial charge in [0.2, 0.25) is 0 Å². The number of aliphatic carboxylic acids is 3. The zero-order valence-corrected chi connectivity index (χ0v) is 16.1. The third-order valence-electron chi connectivity index (χ3n) is 3.35. The number of carboxylic acid groups (broad SMARTS) is 3. The van der Waals surface area contributed by atoms with Gasteiger partial charge in [0.25, 0.3) is 0 Å². The molecule has 0 aliphatic rings. The standard InChI is InChI=1S/C11H22N2O13P2/c14-4-8(11(19)20)13(7(10(17)18)3-9(15)16)2-1-12(5-27(21,22)23)6-28(24,25)26/h7-8,14H,1-6H2,(H,15,16)(H,17,18)(H,19,20)(H2,21,22,23)(H2,24,25,26). The Morgan fingerprint density at radius 2 is 1.21 bits per heavy atom. The van der Waals surface area contributed by atoms with Gasteiger partial charge in [-0.15, -0.1) is 0 Å². The van der Waals surface area contributed by atoms with Gasteiger partial charge < -0.3 is 40.0 Å². The predicted molar refractivity (Wildman–Crippen MR) is 89.4 cm³/mol. The lowest BCUT2D eigenvalue weighted by atomic mass is 10.1. The van der Waals surface area contributed by atoms with Crippen molar-refractivity contribution >= 4 is 33.1 Å². The van der Waals surface area contributed by atoms with Crippen LogP contribution >= 0.6 is 15.2 Å². The summed E-state index contributed by atoms with van der Waals surface area (Å²) < 4.78 is 22.3. The Morgan fingerprint density at radius 3 is 1.50 bits per heavy atom. The highest BCUT2D eigenvalue weighted by Crippen LogP contribution is 2.40. The van der Waals surface area contributed by atoms with Crippen molar-refractivity contribution in [3.63, 3.8) is 0 Å². The number of aliphatic hydroxyl groups is 1. The van der Waals surface area contributed by atoms with Crippen molar-refractivity contribution in [1.82, 2.24) is 9.80 Å². The monoisotopic (exact) mass is 452 g/mol. The first-order chi connectivity index (χ1) is 12.6. The van der Waals surface area contributed by atoms with Gasteiger partial charge in [0.15, 0.2) is 0 Å². The molecule has 15 nitrogen and oxygen atoms in total. The molecule has 0 fully saturated rings. The molecule has 0 saturated carbocycles. The summed E-state index contributed by atoms with van der Waals surface area (Å²) in [6.07, 6.45) is -3.31. The summed E-state index contributed by atoms with van der Waals surface area (Å²) in [5.74, 6) is -5.03. The smallest absolute Gasteiger partial charge is 0.339 e. The second-order valence-electron chi connectivity index (χ2n) is 5.73. The maximum Gasteiger partial charge on any atom is 0.339 e. The van der Waals surface area contributed by atoms with E-state index in [9.17, 15) is 33.7 Å². The fraction of sp³-hybridized carbons (Fsp3) is 0.727. The van der Waals surface area contributed by atoms with Crippen molar-refractivity contribution in [2.24, 2.45) is 0 Å². The summed E-state index contributed by atoms with van der Waals surface area (Å²) in [4.78, 5) is 70.7. The van der Waals surface area contributed by atoms with E-state index >= 15 is 0 Å². The van der Waals surface area contributed by atoms with Crippen LogP contribution in [0.2, 0.25) is 0 Å². The summed E-state index contributed by atoms with van der Waals surface area (Å²) >= 11 is 0. The minimum Gasteiger partial charge on any atom is -0.481 e. The molecule has 8 N–H and O–H groups in total. The van der Waals surface area contributed by atoms with E-state index in [2.05, 4.69) is 0 Å². The Balaban J connectivity index is 5.72. The molecule has 0 aliphatic carbocycles. The van der Waals surface area contributed by atoms with E-state index < -0.39 is 83.9 Å². The maximum atomic E-state index is 11.4. The number of aliphatic hydroxyl groups excluding tert-OH is 1. The predicted octanol–water partition coefficient (Wildman–Crippen LogP) is -2.77. The van der Waals surface area contributed by atoms with Gasteiger partial charge in [-0.2, -0.15) is 0 Å². The van der Waals surface area contributed by atoms with Crippen LogP contribution in [-0.2, 0) is 23.5 Å². The number of carboxylic acids is 3. The fourth-order valence-electron chi connectivity index (χ4n) is 2.33. The first-order valence-corrected chi connectivity index (χ1v) is 11.0. The summed E-state index contributed by atoms with van der Waals surface area (Å²) in [6.45, 7) is -2.43. The van der Waals surface area contributed by atoms with E-state index in [-0.39, 0.29) is 0 Å². The zero-order valence-electron chi connectivity index (χ0n) is 14.3. The van der Waals surface area contributed by atoms with Crippen LogP contribution in [0.4, 0.5) is 0 Å². The molecule has 0 saturated heterocycles. The van der Waals surface area contributed by atoms with Crippen LogP contribution in [0.5, 0.6) is 0 Å². The highest BCUT2D eigenvalue weighted by molar-refractivity contribution is 7.52. The lowest BCUT2D eigenvalue weighted by Gasteiger charge is -2.34. The highest BCUT2D eigenvalue weighted by atomic mass is 31.2. The Bertz CT molecular complexity index is 635. The van der Waals surface area contributed by atoms with E-state index in [0.29, 0.717) is 9.80 Å². The Labute approximate surface area is 158 Å². The second kappa shape index (κ2) is 11.0. The molecule has 0 aliphatic heterocycles.